The van der Waals surface area contributed by atoms with Crippen LogP contribution in [0.25, 0.3) is 0 Å². The van der Waals surface area contributed by atoms with Gasteiger partial charge < -0.3 is 0 Å². The lowest BCUT2D eigenvalue weighted by molar-refractivity contribution is 0.918. The van der Waals surface area contributed by atoms with Crippen molar-refractivity contribution in [2.24, 2.45) is 0 Å². The standard InChI is InChI=1S/CH4BBrFP/c2-1-5(3)4/h1-2H2. The first kappa shape index (κ1) is 5.90. The topological polar surface area (TPSA) is 0 Å². The molecule has 0 amide bonds. The molecule has 0 aliphatic rings. The van der Waals surface area contributed by atoms with Gasteiger partial charge in [0.25, 0.3) is 0 Å². The molecular formula is CH4BBrFP. The molecule has 4 heteroatoms. The Bertz CT molecular complexity index is 25.6. The third-order valence-electron chi connectivity index (χ3n) is 0.239. The molecule has 1 unspecified atom stereocenters. The average Bonchev–Trinajstić information content (AvgIpc) is 1.38. The van der Waals surface area contributed by atoms with Gasteiger partial charge in [-0.2, -0.15) is 0 Å². The summed E-state index contributed by atoms with van der Waals surface area (Å²) in [5.41, 5.74) is 0. The molecular weight excluding hydrogens is 153 g/mol. The molecule has 0 rings (SSSR count). The summed E-state index contributed by atoms with van der Waals surface area (Å²) in [5.74, 6) is 0. The summed E-state index contributed by atoms with van der Waals surface area (Å²) in [6.07, 6.45) is 0. The second-order valence-electron chi connectivity index (χ2n) is 0.619. The van der Waals surface area contributed by atoms with Gasteiger partial charge in [0.05, 0.1) is 0 Å². The van der Waals surface area contributed by atoms with Crippen LogP contribution < -0.4 is 0 Å². The van der Waals surface area contributed by atoms with Crippen LogP contribution in [0.4, 0.5) is 4.20 Å². The molecule has 0 radical (unpaired) electrons. The summed E-state index contributed by atoms with van der Waals surface area (Å²) in [6.45, 7) is -1.29. The van der Waals surface area contributed by atoms with Gasteiger partial charge in [0.1, 0.15) is 14.8 Å². The molecule has 0 saturated heterocycles. The van der Waals surface area contributed by atoms with Crippen molar-refractivity contribution >= 4 is 30.3 Å². The first-order valence-corrected chi connectivity index (χ1v) is 4.80. The fourth-order valence-corrected chi connectivity index (χ4v) is 0. The summed E-state index contributed by atoms with van der Waals surface area (Å²) in [6, 6.07) is 0.620. The van der Waals surface area contributed by atoms with Gasteiger partial charge in [0.2, 0.25) is 0 Å². The van der Waals surface area contributed by atoms with Crippen molar-refractivity contribution in [3.63, 3.8) is 0 Å². The Morgan fingerprint density at radius 3 is 2.20 bits per heavy atom. The van der Waals surface area contributed by atoms with Crippen molar-refractivity contribution in [3.05, 3.63) is 0 Å². The van der Waals surface area contributed by atoms with Gasteiger partial charge in [-0.3, -0.25) is 0 Å². The number of halogens is 2. The highest BCUT2D eigenvalue weighted by atomic mass is 79.9. The van der Waals surface area contributed by atoms with E-state index in [1.54, 1.807) is 7.85 Å². The lowest BCUT2D eigenvalue weighted by Gasteiger charge is -1.82. The van der Waals surface area contributed by atoms with Crippen molar-refractivity contribution in [1.29, 1.82) is 0 Å². The van der Waals surface area contributed by atoms with Crippen LogP contribution in [-0.2, 0) is 0 Å². The van der Waals surface area contributed by atoms with Crippen molar-refractivity contribution in [1.82, 2.24) is 0 Å². The van der Waals surface area contributed by atoms with E-state index in [4.69, 9.17) is 0 Å². The predicted octanol–water partition coefficient (Wildman–Crippen LogP) is 1.25. The molecule has 30 valence electrons. The third kappa shape index (κ3) is 4.90. The van der Waals surface area contributed by atoms with E-state index in [1.807, 2.05) is 0 Å². The highest BCUT2D eigenvalue weighted by Gasteiger charge is 1.89. The van der Waals surface area contributed by atoms with Gasteiger partial charge in [-0.05, 0) is 21.6 Å². The predicted molar refractivity (Wildman–Crippen MR) is 30.4 cm³/mol. The molecule has 1 atom stereocenters. The maximum Gasteiger partial charge on any atom is 0.143 e. The van der Waals surface area contributed by atoms with E-state index in [2.05, 4.69) is 15.5 Å². The van der Waals surface area contributed by atoms with Crippen molar-refractivity contribution in [2.75, 3.05) is 6.06 Å². The fourth-order valence-electron chi connectivity index (χ4n) is 0. The van der Waals surface area contributed by atoms with Crippen LogP contribution in [-0.4, -0.2) is 13.9 Å². The minimum absolute atomic E-state index is 0.620. The maximum absolute atomic E-state index is 11.4. The van der Waals surface area contributed by atoms with Crippen molar-refractivity contribution < 1.29 is 4.20 Å². The second-order valence-corrected chi connectivity index (χ2v) is 4.17. The monoisotopic (exact) mass is 156 g/mol. The summed E-state index contributed by atoms with van der Waals surface area (Å²) in [4.78, 5) is 0. The highest BCUT2D eigenvalue weighted by Crippen LogP contribution is 2.43. The van der Waals surface area contributed by atoms with Crippen LogP contribution in [0, 0.1) is 0 Å². The summed E-state index contributed by atoms with van der Waals surface area (Å²) in [5, 5.41) is 0. The lowest BCUT2D eigenvalue weighted by Crippen LogP contribution is -1.63. The Hall–Kier alpha value is 0.905. The Kier molecular flexibility index (Phi) is 3.67. The second kappa shape index (κ2) is 3.11. The molecule has 0 nitrogen and oxygen atoms in total. The number of rotatable bonds is 1. The van der Waals surface area contributed by atoms with Crippen LogP contribution in [0.3, 0.4) is 0 Å². The molecule has 0 N–H and O–H groups in total. The van der Waals surface area contributed by atoms with Crippen LogP contribution in [0.2, 0.25) is 0 Å². The van der Waals surface area contributed by atoms with E-state index in [-0.39, 0.29) is 0 Å². The first-order valence-electron chi connectivity index (χ1n) is 1.36. The normalized spacial score (nSPS) is 14.8. The quantitative estimate of drug-likeness (QED) is 0.396. The van der Waals surface area contributed by atoms with Crippen molar-refractivity contribution in [3.8, 4) is 0 Å². The number of hydrogen-bond donors (Lipinski definition) is 0. The first-order chi connectivity index (χ1) is 2.27. The molecule has 0 aromatic heterocycles. The Morgan fingerprint density at radius 2 is 2.20 bits per heavy atom. The van der Waals surface area contributed by atoms with Gasteiger partial charge in [-0.1, -0.05) is 0 Å². The van der Waals surface area contributed by atoms with E-state index in [1.165, 1.54) is 0 Å². The molecule has 0 spiro atoms. The highest BCUT2D eigenvalue weighted by molar-refractivity contribution is 9.38. The molecule has 0 aromatic rings. The van der Waals surface area contributed by atoms with E-state index in [9.17, 15) is 4.20 Å². The lowest BCUT2D eigenvalue weighted by atomic mass is 10.2. The van der Waals surface area contributed by atoms with Gasteiger partial charge in [0.15, 0.2) is 0 Å². The van der Waals surface area contributed by atoms with E-state index < -0.39 is 6.93 Å². The Balaban J connectivity index is 2.54. The zero-order valence-electron chi connectivity index (χ0n) is 2.91. The molecule has 0 fully saturated rings. The third-order valence-corrected chi connectivity index (χ3v) is 2.22. The molecule has 0 aliphatic heterocycles. The van der Waals surface area contributed by atoms with Crippen LogP contribution in [0.15, 0.2) is 0 Å². The van der Waals surface area contributed by atoms with Crippen molar-refractivity contribution in [2.45, 2.75) is 0 Å². The van der Waals surface area contributed by atoms with E-state index >= 15 is 0 Å². The molecule has 0 heterocycles. The molecule has 0 bridgehead atoms. The van der Waals surface area contributed by atoms with Gasteiger partial charge in [0, 0.05) is 0 Å². The largest absolute Gasteiger partial charge is 0.215 e. The maximum atomic E-state index is 11.4. The molecule has 0 aromatic carbocycles. The summed E-state index contributed by atoms with van der Waals surface area (Å²) >= 11 is 2.77. The Morgan fingerprint density at radius 1 is 2.00 bits per heavy atom. The van der Waals surface area contributed by atoms with Crippen LogP contribution in [0.1, 0.15) is 0 Å². The Labute approximate surface area is 41.2 Å². The minimum Gasteiger partial charge on any atom is -0.215 e. The van der Waals surface area contributed by atoms with E-state index in [0.29, 0.717) is 6.06 Å². The van der Waals surface area contributed by atoms with Gasteiger partial charge >= 0.3 is 0 Å². The SMILES string of the molecule is BCP(F)Br. The zero-order chi connectivity index (χ0) is 4.28. The molecule has 0 saturated carbocycles. The zero-order valence-corrected chi connectivity index (χ0v) is 5.39. The van der Waals surface area contributed by atoms with Crippen LogP contribution >= 0.6 is 22.4 Å². The molecule has 5 heavy (non-hydrogen) atoms. The summed E-state index contributed by atoms with van der Waals surface area (Å²) < 4.78 is 11.4. The fraction of sp³-hybridized carbons (Fsp3) is 1.00. The number of hydrogen-bond acceptors (Lipinski definition) is 0. The minimum atomic E-state index is -1.29. The van der Waals surface area contributed by atoms with E-state index in [0.717, 1.165) is 0 Å². The van der Waals surface area contributed by atoms with Gasteiger partial charge in [-0.25, -0.2) is 4.20 Å². The summed E-state index contributed by atoms with van der Waals surface area (Å²) in [7, 11) is 1.81. The average molecular weight is 157 g/mol. The van der Waals surface area contributed by atoms with Gasteiger partial charge in [-0.15, -0.1) is 0 Å². The van der Waals surface area contributed by atoms with Crippen LogP contribution in [0.5, 0.6) is 0 Å². The molecule has 0 aliphatic carbocycles. The smallest absolute Gasteiger partial charge is 0.143 e.